The van der Waals surface area contributed by atoms with Crippen molar-refractivity contribution in [2.75, 3.05) is 21.3 Å². The Bertz CT molecular complexity index is 3140. The average molecular weight is 781 g/mol. The molecule has 0 aliphatic carbocycles. The Labute approximate surface area is 344 Å². The average Bonchev–Trinajstić information content (AvgIpc) is 3.24. The van der Waals surface area contributed by atoms with Gasteiger partial charge in [-0.1, -0.05) is 48.5 Å². The van der Waals surface area contributed by atoms with Gasteiger partial charge in [0.25, 0.3) is 23.6 Å². The molecule has 4 amide bonds. The van der Waals surface area contributed by atoms with Crippen LogP contribution in [0.3, 0.4) is 0 Å². The predicted octanol–water partition coefficient (Wildman–Crippen LogP) is 11.1. The van der Waals surface area contributed by atoms with E-state index in [1.54, 1.807) is 24.3 Å². The number of benzene rings is 9. The van der Waals surface area contributed by atoms with Crippen LogP contribution < -0.4 is 21.3 Å². The first-order chi connectivity index (χ1) is 28.9. The maximum atomic E-state index is 14.5. The molecule has 60 heavy (non-hydrogen) atoms. The smallest absolute Gasteiger partial charge is 0.265 e. The minimum absolute atomic E-state index is 0.394. The van der Waals surface area contributed by atoms with E-state index in [2.05, 4.69) is 0 Å². The van der Waals surface area contributed by atoms with Crippen LogP contribution in [-0.2, 0) is 0 Å². The van der Waals surface area contributed by atoms with E-state index in [4.69, 9.17) is 11.5 Å². The van der Waals surface area contributed by atoms with Crippen molar-refractivity contribution in [1.29, 1.82) is 0 Å². The van der Waals surface area contributed by atoms with Gasteiger partial charge in [0.1, 0.15) is 0 Å². The molecule has 8 nitrogen and oxygen atoms in total. The molecule has 2 heterocycles. The van der Waals surface area contributed by atoms with Gasteiger partial charge < -0.3 is 11.5 Å². The summed E-state index contributed by atoms with van der Waals surface area (Å²) in [5.74, 6) is -1.58. The predicted molar refractivity (Wildman–Crippen MR) is 241 cm³/mol. The summed E-state index contributed by atoms with van der Waals surface area (Å²) in [4.78, 5) is 60.5. The fraction of sp³-hybridized carbons (Fsp3) is 0.0769. The Morgan fingerprint density at radius 3 is 0.900 bits per heavy atom. The molecule has 8 heteroatoms. The van der Waals surface area contributed by atoms with Crippen LogP contribution in [0, 0.1) is 27.7 Å². The third-order valence-corrected chi connectivity index (χ3v) is 12.7. The lowest BCUT2D eigenvalue weighted by atomic mass is 9.82. The van der Waals surface area contributed by atoms with Gasteiger partial charge in [0.15, 0.2) is 0 Å². The Morgan fingerprint density at radius 2 is 0.617 bits per heavy atom. The molecule has 288 valence electrons. The van der Waals surface area contributed by atoms with Crippen LogP contribution >= 0.6 is 0 Å². The second kappa shape index (κ2) is 12.3. The second-order valence-electron chi connectivity index (χ2n) is 16.2. The van der Waals surface area contributed by atoms with Gasteiger partial charge in [-0.15, -0.1) is 0 Å². The fourth-order valence-electron chi connectivity index (χ4n) is 9.59. The zero-order valence-corrected chi connectivity index (χ0v) is 33.2. The quantitative estimate of drug-likeness (QED) is 0.0792. The normalized spacial score (nSPS) is 13.9. The molecule has 0 atom stereocenters. The first-order valence-corrected chi connectivity index (χ1v) is 19.8. The van der Waals surface area contributed by atoms with E-state index in [1.807, 2.05) is 125 Å². The van der Waals surface area contributed by atoms with Crippen LogP contribution in [-0.4, -0.2) is 23.6 Å². The molecule has 2 aliphatic rings. The molecule has 0 fully saturated rings. The number of rotatable bonds is 4. The van der Waals surface area contributed by atoms with Crippen molar-refractivity contribution in [3.63, 3.8) is 0 Å². The van der Waals surface area contributed by atoms with Crippen LogP contribution in [0.4, 0.5) is 22.7 Å². The van der Waals surface area contributed by atoms with Crippen molar-refractivity contribution in [3.05, 3.63) is 166 Å². The van der Waals surface area contributed by atoms with Gasteiger partial charge in [-0.3, -0.25) is 19.2 Å². The number of aryl methyl sites for hydroxylation is 4. The third kappa shape index (κ3) is 4.73. The highest BCUT2D eigenvalue weighted by molar-refractivity contribution is 6.45. The Balaban J connectivity index is 1.02. The molecule has 0 bridgehead atoms. The topological polar surface area (TPSA) is 127 Å². The summed E-state index contributed by atoms with van der Waals surface area (Å²) in [6, 6.07) is 38.1. The lowest BCUT2D eigenvalue weighted by Gasteiger charge is -2.31. The molecule has 2 aliphatic heterocycles. The summed E-state index contributed by atoms with van der Waals surface area (Å²) in [5.41, 5.74) is 23.8. The van der Waals surface area contributed by atoms with Gasteiger partial charge in [-0.05, 0) is 177 Å². The van der Waals surface area contributed by atoms with Gasteiger partial charge in [0.2, 0.25) is 0 Å². The number of carbonyl (C=O) groups excluding carboxylic acids is 4. The molecular weight excluding hydrogens is 745 g/mol. The Morgan fingerprint density at radius 1 is 0.333 bits per heavy atom. The fourth-order valence-corrected chi connectivity index (χ4v) is 9.59. The first-order valence-electron chi connectivity index (χ1n) is 19.8. The number of hydrogen-bond acceptors (Lipinski definition) is 6. The largest absolute Gasteiger partial charge is 0.399 e. The highest BCUT2D eigenvalue weighted by Crippen LogP contribution is 2.47. The van der Waals surface area contributed by atoms with E-state index in [1.165, 1.54) is 9.80 Å². The summed E-state index contributed by atoms with van der Waals surface area (Å²) in [7, 11) is 0. The molecule has 9 aromatic carbocycles. The maximum Gasteiger partial charge on any atom is 0.265 e. The number of anilines is 4. The van der Waals surface area contributed by atoms with Crippen LogP contribution in [0.15, 0.2) is 121 Å². The van der Waals surface area contributed by atoms with Gasteiger partial charge in [0.05, 0.1) is 11.4 Å². The van der Waals surface area contributed by atoms with E-state index in [0.29, 0.717) is 44.4 Å². The minimum Gasteiger partial charge on any atom is -0.399 e. The van der Waals surface area contributed by atoms with E-state index in [0.717, 1.165) is 88.2 Å². The van der Waals surface area contributed by atoms with Crippen LogP contribution in [0.5, 0.6) is 0 Å². The Kier molecular flexibility index (Phi) is 7.26. The number of nitrogen functional groups attached to an aromatic ring is 2. The zero-order chi connectivity index (χ0) is 41.5. The molecule has 0 spiro atoms. The number of imide groups is 2. The SMILES string of the molecule is Cc1cc(-c2ccc(N3C(=O)c4ccc5c6ccc7c8c(ccc(c9ccc(c4c59)C3=O)c86)C(=O)N(c3ccc(-c4ccc(N)c(C)c4)cc3C)C7=O)c(C)c2)ccc1N. The molecule has 0 aromatic heterocycles. The number of amides is 4. The number of nitrogens with two attached hydrogens (primary N) is 2. The number of fused-ring (bicyclic) bond motifs is 2. The molecule has 0 saturated carbocycles. The van der Waals surface area contributed by atoms with E-state index in [9.17, 15) is 19.2 Å². The molecule has 0 radical (unpaired) electrons. The van der Waals surface area contributed by atoms with Gasteiger partial charge in [0, 0.05) is 44.4 Å². The molecule has 9 aromatic rings. The van der Waals surface area contributed by atoms with Crippen LogP contribution in [0.2, 0.25) is 0 Å². The van der Waals surface area contributed by atoms with Crippen molar-refractivity contribution in [3.8, 4) is 22.3 Å². The molecule has 0 saturated heterocycles. The van der Waals surface area contributed by atoms with E-state index >= 15 is 0 Å². The van der Waals surface area contributed by atoms with Gasteiger partial charge in [-0.25, -0.2) is 9.80 Å². The van der Waals surface area contributed by atoms with Crippen LogP contribution in [0.25, 0.3) is 65.3 Å². The van der Waals surface area contributed by atoms with Gasteiger partial charge >= 0.3 is 0 Å². The summed E-state index contributed by atoms with van der Waals surface area (Å²) < 4.78 is 0. The minimum atomic E-state index is -0.394. The maximum absolute atomic E-state index is 14.5. The van der Waals surface area contributed by atoms with Crippen molar-refractivity contribution >= 4 is 89.5 Å². The first kappa shape index (κ1) is 35.3. The van der Waals surface area contributed by atoms with Crippen LogP contribution in [0.1, 0.15) is 63.7 Å². The standard InChI is InChI=1S/C52H36N4O4/c1-25-21-29(5-17-41(25)53)31-7-19-43(27(3)23-31)55-49(57)37-13-9-33-35-11-15-39-48-40(16-12-36(46(35)48)34-10-14-38(50(55)58)47(37)45(33)34)52(60)56(51(39)59)44-20-8-32(24-28(44)4)30-6-18-42(54)26(2)22-30/h5-24H,53-54H2,1-4H3. The molecular formula is C52H36N4O4. The van der Waals surface area contributed by atoms with Crippen molar-refractivity contribution in [2.24, 2.45) is 0 Å². The highest BCUT2D eigenvalue weighted by Gasteiger charge is 2.38. The second-order valence-corrected chi connectivity index (χ2v) is 16.2. The number of carbonyl (C=O) groups is 4. The molecule has 4 N–H and O–H groups in total. The number of nitrogens with zero attached hydrogens (tertiary/aromatic N) is 2. The summed E-state index contributed by atoms with van der Waals surface area (Å²) >= 11 is 0. The lowest BCUT2D eigenvalue weighted by Crippen LogP contribution is -2.41. The third-order valence-electron chi connectivity index (χ3n) is 12.7. The van der Waals surface area contributed by atoms with Crippen molar-refractivity contribution in [1.82, 2.24) is 0 Å². The highest BCUT2D eigenvalue weighted by atomic mass is 16.2. The number of hydrogen-bond donors (Lipinski definition) is 2. The lowest BCUT2D eigenvalue weighted by molar-refractivity contribution is 0.0877. The molecule has 0 unspecified atom stereocenters. The van der Waals surface area contributed by atoms with Gasteiger partial charge in [-0.2, -0.15) is 0 Å². The summed E-state index contributed by atoms with van der Waals surface area (Å²) in [6.07, 6.45) is 0. The monoisotopic (exact) mass is 780 g/mol. The van der Waals surface area contributed by atoms with E-state index in [-0.39, 0.29) is 0 Å². The molecule has 11 rings (SSSR count). The van der Waals surface area contributed by atoms with E-state index < -0.39 is 23.6 Å². The summed E-state index contributed by atoms with van der Waals surface area (Å²) in [5, 5.41) is 6.15. The zero-order valence-electron chi connectivity index (χ0n) is 33.2. The summed E-state index contributed by atoms with van der Waals surface area (Å²) in [6.45, 7) is 7.74. The van der Waals surface area contributed by atoms with Crippen molar-refractivity contribution < 1.29 is 19.2 Å². The Hall–Kier alpha value is -7.84. The van der Waals surface area contributed by atoms with Crippen molar-refractivity contribution in [2.45, 2.75) is 27.7 Å².